The molecular formula is C26H34N2O3. The van der Waals surface area contributed by atoms with Gasteiger partial charge in [0.15, 0.2) is 12.4 Å². The minimum atomic E-state index is -0.700. The first kappa shape index (κ1) is 21.9. The summed E-state index contributed by atoms with van der Waals surface area (Å²) in [5, 5.41) is 9.55. The highest BCUT2D eigenvalue weighted by molar-refractivity contribution is 5.99. The lowest BCUT2D eigenvalue weighted by molar-refractivity contribution is -0.155. The number of nitriles is 1. The van der Waals surface area contributed by atoms with E-state index < -0.39 is 5.97 Å². The van der Waals surface area contributed by atoms with Crippen molar-refractivity contribution in [1.29, 1.82) is 5.26 Å². The predicted octanol–water partition coefficient (Wildman–Crippen LogP) is 5.00. The molecular weight excluding hydrogens is 388 g/mol. The highest BCUT2D eigenvalue weighted by Gasteiger charge is 2.54. The molecule has 5 heteroatoms. The van der Waals surface area contributed by atoms with Crippen LogP contribution in [0.2, 0.25) is 0 Å². The molecule has 0 radical (unpaired) electrons. The molecule has 0 saturated heterocycles. The molecule has 1 heterocycles. The normalized spacial score (nSPS) is 29.3. The van der Waals surface area contributed by atoms with Crippen molar-refractivity contribution < 1.29 is 14.3 Å². The summed E-state index contributed by atoms with van der Waals surface area (Å²) >= 11 is 0. The van der Waals surface area contributed by atoms with Gasteiger partial charge in [-0.1, -0.05) is 13.8 Å². The van der Waals surface area contributed by atoms with Gasteiger partial charge < -0.3 is 9.30 Å². The van der Waals surface area contributed by atoms with Crippen LogP contribution < -0.4 is 0 Å². The van der Waals surface area contributed by atoms with E-state index >= 15 is 0 Å². The molecule has 0 atom stereocenters. The number of ether oxygens (including phenoxy) is 1. The van der Waals surface area contributed by atoms with E-state index in [2.05, 4.69) is 18.4 Å². The van der Waals surface area contributed by atoms with Crippen molar-refractivity contribution in [1.82, 2.24) is 4.57 Å². The second kappa shape index (κ2) is 8.30. The quantitative estimate of drug-likeness (QED) is 0.352. The predicted molar refractivity (Wildman–Crippen MR) is 119 cm³/mol. The zero-order valence-electron chi connectivity index (χ0n) is 19.2. The van der Waals surface area contributed by atoms with Crippen LogP contribution in [0, 0.1) is 54.3 Å². The average molecular weight is 423 g/mol. The van der Waals surface area contributed by atoms with Crippen molar-refractivity contribution in [3.05, 3.63) is 28.6 Å². The third-order valence-corrected chi connectivity index (χ3v) is 7.76. The lowest BCUT2D eigenvalue weighted by Crippen LogP contribution is -2.51. The summed E-state index contributed by atoms with van der Waals surface area (Å²) in [4.78, 5) is 25.7. The summed E-state index contributed by atoms with van der Waals surface area (Å²) in [6, 6.07) is 3.96. The maximum atomic E-state index is 13.1. The largest absolute Gasteiger partial charge is 0.454 e. The highest BCUT2D eigenvalue weighted by Crippen LogP contribution is 2.60. The summed E-state index contributed by atoms with van der Waals surface area (Å²) in [7, 11) is 0. The number of hydrogen-bond acceptors (Lipinski definition) is 4. The lowest BCUT2D eigenvalue weighted by Gasteiger charge is -2.55. The van der Waals surface area contributed by atoms with Gasteiger partial charge in [-0.3, -0.25) is 4.79 Å². The number of carbonyl (C=O) groups is 2. The summed E-state index contributed by atoms with van der Waals surface area (Å²) in [6.07, 6.45) is 8.26. The number of Topliss-reactive ketones (excluding diaryl/α,β-unsaturated/α-hetero) is 1. The van der Waals surface area contributed by atoms with Crippen molar-refractivity contribution >= 4 is 17.8 Å². The minimum absolute atomic E-state index is 0.0527. The van der Waals surface area contributed by atoms with Gasteiger partial charge in [-0.05, 0) is 93.7 Å². The van der Waals surface area contributed by atoms with Gasteiger partial charge in [-0.25, -0.2) is 4.79 Å². The average Bonchev–Trinajstić information content (AvgIpc) is 2.95. The Morgan fingerprint density at radius 3 is 2.29 bits per heavy atom. The minimum Gasteiger partial charge on any atom is -0.454 e. The van der Waals surface area contributed by atoms with Crippen LogP contribution in [0.5, 0.6) is 0 Å². The van der Waals surface area contributed by atoms with Crippen LogP contribution in [0.1, 0.15) is 69.3 Å². The number of aryl methyl sites for hydroxylation is 1. The smallest absolute Gasteiger partial charge is 0.349 e. The van der Waals surface area contributed by atoms with Crippen molar-refractivity contribution in [3.63, 3.8) is 0 Å². The maximum Gasteiger partial charge on any atom is 0.349 e. The number of esters is 1. The Balaban J connectivity index is 1.43. The van der Waals surface area contributed by atoms with E-state index in [0.717, 1.165) is 42.8 Å². The number of nitrogens with zero attached hydrogens (tertiary/aromatic N) is 2. The van der Waals surface area contributed by atoms with Crippen LogP contribution >= 0.6 is 0 Å². The highest BCUT2D eigenvalue weighted by atomic mass is 16.5. The van der Waals surface area contributed by atoms with Gasteiger partial charge in [0.25, 0.3) is 0 Å². The van der Waals surface area contributed by atoms with Gasteiger partial charge in [0.1, 0.15) is 11.6 Å². The molecule has 4 bridgehead atoms. The van der Waals surface area contributed by atoms with Gasteiger partial charge in [0.05, 0.1) is 0 Å². The molecule has 0 spiro atoms. The second-order valence-corrected chi connectivity index (χ2v) is 10.7. The Kier molecular flexibility index (Phi) is 5.85. The molecule has 5 nitrogen and oxygen atoms in total. The molecule has 0 unspecified atom stereocenters. The van der Waals surface area contributed by atoms with Gasteiger partial charge in [0.2, 0.25) is 0 Å². The topological polar surface area (TPSA) is 72.1 Å². The molecule has 166 valence electrons. The fraction of sp³-hybridized carbons (Fsp3) is 0.654. The zero-order chi connectivity index (χ0) is 22.3. The Bertz CT molecular complexity index is 925. The fourth-order valence-electron chi connectivity index (χ4n) is 6.73. The standard InChI is InChI=1S/C26H34N2O3/c1-16(2)14-28-17(3)5-22(18(28)4)9-23(13-27)25(30)31-15-24(29)26-10-19-6-20(11-26)8-21(7-19)12-26/h5,9,16,19-21H,6-8,10-12,14-15H2,1-4H3/b23-9+. The van der Waals surface area contributed by atoms with Crippen molar-refractivity contribution in [3.8, 4) is 6.07 Å². The SMILES string of the molecule is Cc1cc(/C=C(\C#N)C(=O)OCC(=O)C23CC4CC(CC(C4)C2)C3)c(C)n1CC(C)C. The summed E-state index contributed by atoms with van der Waals surface area (Å²) < 4.78 is 7.58. The third-order valence-electron chi connectivity index (χ3n) is 7.76. The third kappa shape index (κ3) is 4.22. The van der Waals surface area contributed by atoms with Crippen LogP contribution in [0.15, 0.2) is 11.6 Å². The van der Waals surface area contributed by atoms with E-state index in [1.807, 2.05) is 26.0 Å². The maximum absolute atomic E-state index is 13.1. The van der Waals surface area contributed by atoms with E-state index in [-0.39, 0.29) is 23.4 Å². The fourth-order valence-corrected chi connectivity index (χ4v) is 6.73. The van der Waals surface area contributed by atoms with E-state index in [1.165, 1.54) is 19.3 Å². The van der Waals surface area contributed by atoms with E-state index in [1.54, 1.807) is 6.08 Å². The Morgan fingerprint density at radius 1 is 1.19 bits per heavy atom. The molecule has 4 saturated carbocycles. The molecule has 4 fully saturated rings. The number of rotatable bonds is 7. The van der Waals surface area contributed by atoms with Crippen LogP contribution in [0.4, 0.5) is 0 Å². The summed E-state index contributed by atoms with van der Waals surface area (Å²) in [5.74, 6) is 1.86. The van der Waals surface area contributed by atoms with E-state index in [0.29, 0.717) is 23.7 Å². The van der Waals surface area contributed by atoms with Crippen molar-refractivity contribution in [2.45, 2.75) is 72.8 Å². The van der Waals surface area contributed by atoms with Gasteiger partial charge in [0, 0.05) is 23.3 Å². The van der Waals surface area contributed by atoms with Crippen molar-refractivity contribution in [2.24, 2.45) is 29.1 Å². The molecule has 0 aromatic carbocycles. The first-order valence-corrected chi connectivity index (χ1v) is 11.7. The Morgan fingerprint density at radius 2 is 1.77 bits per heavy atom. The van der Waals surface area contributed by atoms with Crippen molar-refractivity contribution in [2.75, 3.05) is 6.61 Å². The first-order valence-electron chi connectivity index (χ1n) is 11.7. The molecule has 4 aliphatic carbocycles. The van der Waals surface area contributed by atoms with E-state index in [4.69, 9.17) is 4.74 Å². The number of hydrogen-bond donors (Lipinski definition) is 0. The monoisotopic (exact) mass is 422 g/mol. The number of ketones is 1. The molecule has 4 aliphatic rings. The second-order valence-electron chi connectivity index (χ2n) is 10.7. The van der Waals surface area contributed by atoms with Crippen LogP contribution in [-0.4, -0.2) is 22.9 Å². The Hall–Kier alpha value is -2.35. The molecule has 0 N–H and O–H groups in total. The summed E-state index contributed by atoms with van der Waals surface area (Å²) in [6.45, 7) is 9.02. The van der Waals surface area contributed by atoms with Crippen LogP contribution in [0.25, 0.3) is 6.08 Å². The molecule has 1 aromatic rings. The first-order chi connectivity index (χ1) is 14.7. The number of carbonyl (C=O) groups excluding carboxylic acids is 2. The van der Waals surface area contributed by atoms with Crippen LogP contribution in [0.3, 0.4) is 0 Å². The molecule has 31 heavy (non-hydrogen) atoms. The molecule has 1 aromatic heterocycles. The van der Waals surface area contributed by atoms with Crippen LogP contribution in [-0.2, 0) is 20.9 Å². The summed E-state index contributed by atoms with van der Waals surface area (Å²) in [5.41, 5.74) is 2.63. The van der Waals surface area contributed by atoms with E-state index in [9.17, 15) is 14.9 Å². The number of aromatic nitrogens is 1. The zero-order valence-corrected chi connectivity index (χ0v) is 19.2. The molecule has 0 aliphatic heterocycles. The van der Waals surface area contributed by atoms with Gasteiger partial charge in [-0.15, -0.1) is 0 Å². The Labute approximate surface area is 185 Å². The molecule has 5 rings (SSSR count). The molecule has 0 amide bonds. The van der Waals surface area contributed by atoms with Gasteiger partial charge >= 0.3 is 5.97 Å². The lowest BCUT2D eigenvalue weighted by atomic mass is 9.48. The van der Waals surface area contributed by atoms with Gasteiger partial charge in [-0.2, -0.15) is 5.26 Å².